The van der Waals surface area contributed by atoms with Crippen molar-refractivity contribution < 1.29 is 23.1 Å². The quantitative estimate of drug-likeness (QED) is 0.463. The summed E-state index contributed by atoms with van der Waals surface area (Å²) in [7, 11) is 0. The maximum Gasteiger partial charge on any atom is 0.285 e. The molecule has 1 N–H and O–H groups in total. The van der Waals surface area contributed by atoms with Crippen molar-refractivity contribution in [3.8, 4) is 5.95 Å². The van der Waals surface area contributed by atoms with Gasteiger partial charge in [0.25, 0.3) is 11.9 Å². The SMILES string of the molecule is O=C(N/N=C/c1ccc(OCc2ccc(F)cc2)o1)c1cccc(N2CCCC2=O)c1. The number of halogens is 1. The summed E-state index contributed by atoms with van der Waals surface area (Å²) >= 11 is 0. The Bertz CT molecular complexity index is 1110. The zero-order valence-electron chi connectivity index (χ0n) is 16.6. The molecule has 0 spiro atoms. The van der Waals surface area contributed by atoms with Crippen LogP contribution >= 0.6 is 0 Å². The van der Waals surface area contributed by atoms with Gasteiger partial charge in [0.15, 0.2) is 5.76 Å². The lowest BCUT2D eigenvalue weighted by molar-refractivity contribution is -0.117. The van der Waals surface area contributed by atoms with Crippen LogP contribution in [0.5, 0.6) is 5.95 Å². The summed E-state index contributed by atoms with van der Waals surface area (Å²) in [4.78, 5) is 25.9. The number of benzene rings is 2. The molecule has 1 saturated heterocycles. The highest BCUT2D eigenvalue weighted by Crippen LogP contribution is 2.22. The second-order valence-electron chi connectivity index (χ2n) is 6.97. The number of rotatable bonds is 7. The Labute approximate surface area is 178 Å². The van der Waals surface area contributed by atoms with Gasteiger partial charge in [0.2, 0.25) is 5.91 Å². The summed E-state index contributed by atoms with van der Waals surface area (Å²) in [6, 6.07) is 16.1. The van der Waals surface area contributed by atoms with Crippen molar-refractivity contribution in [3.05, 3.63) is 83.4 Å². The first kappa shape index (κ1) is 20.3. The van der Waals surface area contributed by atoms with Gasteiger partial charge >= 0.3 is 0 Å². The van der Waals surface area contributed by atoms with E-state index in [-0.39, 0.29) is 24.3 Å². The minimum absolute atomic E-state index is 0.0610. The molecule has 1 aromatic heterocycles. The van der Waals surface area contributed by atoms with Crippen LogP contribution in [-0.4, -0.2) is 24.6 Å². The van der Waals surface area contributed by atoms with Gasteiger partial charge in [0, 0.05) is 30.3 Å². The predicted octanol–water partition coefficient (Wildman–Crippen LogP) is 3.89. The zero-order valence-corrected chi connectivity index (χ0v) is 16.6. The van der Waals surface area contributed by atoms with Gasteiger partial charge in [-0.2, -0.15) is 5.10 Å². The van der Waals surface area contributed by atoms with Crippen LogP contribution in [0.15, 0.2) is 70.2 Å². The Balaban J connectivity index is 1.31. The molecule has 158 valence electrons. The molecule has 0 atom stereocenters. The van der Waals surface area contributed by atoms with E-state index < -0.39 is 5.91 Å². The van der Waals surface area contributed by atoms with Crippen molar-refractivity contribution in [2.45, 2.75) is 19.4 Å². The van der Waals surface area contributed by atoms with Crippen molar-refractivity contribution >= 4 is 23.7 Å². The van der Waals surface area contributed by atoms with Gasteiger partial charge in [-0.05, 0) is 48.4 Å². The Kier molecular flexibility index (Phi) is 6.07. The zero-order chi connectivity index (χ0) is 21.6. The maximum absolute atomic E-state index is 12.9. The molecule has 1 fully saturated rings. The molecule has 2 aromatic carbocycles. The van der Waals surface area contributed by atoms with Gasteiger partial charge in [-0.1, -0.05) is 18.2 Å². The fourth-order valence-corrected chi connectivity index (χ4v) is 3.17. The third-order valence-electron chi connectivity index (χ3n) is 4.75. The fourth-order valence-electron chi connectivity index (χ4n) is 3.17. The van der Waals surface area contributed by atoms with Gasteiger partial charge in [-0.25, -0.2) is 9.82 Å². The van der Waals surface area contributed by atoms with E-state index in [9.17, 15) is 14.0 Å². The van der Waals surface area contributed by atoms with E-state index in [1.807, 2.05) is 0 Å². The summed E-state index contributed by atoms with van der Waals surface area (Å²) in [6.07, 6.45) is 2.70. The number of nitrogens with zero attached hydrogens (tertiary/aromatic N) is 2. The van der Waals surface area contributed by atoms with E-state index >= 15 is 0 Å². The second-order valence-corrected chi connectivity index (χ2v) is 6.97. The highest BCUT2D eigenvalue weighted by molar-refractivity contribution is 5.99. The number of furan rings is 1. The van der Waals surface area contributed by atoms with E-state index in [2.05, 4.69) is 10.5 Å². The van der Waals surface area contributed by atoms with E-state index in [4.69, 9.17) is 9.15 Å². The number of carbonyl (C=O) groups is 2. The minimum Gasteiger partial charge on any atom is -0.460 e. The molecule has 0 bridgehead atoms. The van der Waals surface area contributed by atoms with Crippen LogP contribution in [0.4, 0.5) is 10.1 Å². The Morgan fingerprint density at radius 1 is 1.19 bits per heavy atom. The molecule has 0 unspecified atom stereocenters. The topological polar surface area (TPSA) is 84.1 Å². The van der Waals surface area contributed by atoms with Gasteiger partial charge in [0.1, 0.15) is 12.4 Å². The fraction of sp³-hybridized carbons (Fsp3) is 0.174. The summed E-state index contributed by atoms with van der Waals surface area (Å²) in [6.45, 7) is 0.892. The second kappa shape index (κ2) is 9.25. The van der Waals surface area contributed by atoms with E-state index in [0.29, 0.717) is 30.0 Å². The van der Waals surface area contributed by atoms with Crippen molar-refractivity contribution in [1.29, 1.82) is 0 Å². The number of ether oxygens (including phenoxy) is 1. The molecular formula is C23H20FN3O4. The highest BCUT2D eigenvalue weighted by Gasteiger charge is 2.22. The van der Waals surface area contributed by atoms with Crippen molar-refractivity contribution in [3.63, 3.8) is 0 Å². The molecule has 2 amide bonds. The Hall–Kier alpha value is -3.94. The lowest BCUT2D eigenvalue weighted by Gasteiger charge is -2.16. The highest BCUT2D eigenvalue weighted by atomic mass is 19.1. The largest absolute Gasteiger partial charge is 0.460 e. The first-order valence-corrected chi connectivity index (χ1v) is 9.79. The van der Waals surface area contributed by atoms with Crippen LogP contribution in [0.3, 0.4) is 0 Å². The molecule has 0 aliphatic carbocycles. The summed E-state index contributed by atoms with van der Waals surface area (Å²) in [5, 5.41) is 3.91. The molecule has 2 heterocycles. The van der Waals surface area contributed by atoms with Crippen molar-refractivity contribution in [2.24, 2.45) is 5.10 Å². The number of amides is 2. The molecule has 0 saturated carbocycles. The summed E-state index contributed by atoms with van der Waals surface area (Å²) in [5.41, 5.74) is 4.35. The van der Waals surface area contributed by atoms with Crippen LogP contribution in [0.25, 0.3) is 0 Å². The molecule has 7 nitrogen and oxygen atoms in total. The van der Waals surface area contributed by atoms with Crippen molar-refractivity contribution in [2.75, 3.05) is 11.4 Å². The Morgan fingerprint density at radius 2 is 2.03 bits per heavy atom. The number of hydrogen-bond acceptors (Lipinski definition) is 5. The van der Waals surface area contributed by atoms with E-state index in [1.165, 1.54) is 18.3 Å². The van der Waals surface area contributed by atoms with Crippen LogP contribution in [-0.2, 0) is 11.4 Å². The molecule has 31 heavy (non-hydrogen) atoms. The maximum atomic E-state index is 12.9. The van der Waals surface area contributed by atoms with Crippen LogP contribution < -0.4 is 15.1 Å². The third kappa shape index (κ3) is 5.16. The number of hydrogen-bond donors (Lipinski definition) is 1. The van der Waals surface area contributed by atoms with Gasteiger partial charge in [-0.15, -0.1) is 0 Å². The number of anilines is 1. The molecule has 4 rings (SSSR count). The number of carbonyl (C=O) groups excluding carboxylic acids is 2. The number of nitrogens with one attached hydrogen (secondary N) is 1. The Morgan fingerprint density at radius 3 is 2.81 bits per heavy atom. The average molecular weight is 421 g/mol. The van der Waals surface area contributed by atoms with E-state index in [0.717, 1.165) is 12.0 Å². The minimum atomic E-state index is -0.399. The summed E-state index contributed by atoms with van der Waals surface area (Å²) in [5.74, 6) is 0.0272. The molecule has 1 aliphatic heterocycles. The molecule has 0 radical (unpaired) electrons. The van der Waals surface area contributed by atoms with Crippen LogP contribution in [0, 0.1) is 5.82 Å². The lowest BCUT2D eigenvalue weighted by atomic mass is 10.2. The molecule has 3 aromatic rings. The van der Waals surface area contributed by atoms with Crippen molar-refractivity contribution in [1.82, 2.24) is 5.43 Å². The lowest BCUT2D eigenvalue weighted by Crippen LogP contribution is -2.24. The molecule has 1 aliphatic rings. The smallest absolute Gasteiger partial charge is 0.285 e. The standard InChI is InChI=1S/C23H20FN3O4/c24-18-8-6-16(7-9-18)15-30-22-11-10-20(31-22)14-25-26-23(29)17-3-1-4-19(13-17)27-12-2-5-21(27)28/h1,3-4,6-11,13-14H,2,5,12,15H2,(H,26,29)/b25-14+. The average Bonchev–Trinajstić information content (AvgIpc) is 3.42. The van der Waals surface area contributed by atoms with Gasteiger partial charge < -0.3 is 14.1 Å². The van der Waals surface area contributed by atoms with Crippen LogP contribution in [0.1, 0.15) is 34.5 Å². The first-order chi connectivity index (χ1) is 15.1. The molecular weight excluding hydrogens is 401 g/mol. The monoisotopic (exact) mass is 421 g/mol. The van der Waals surface area contributed by atoms with Crippen LogP contribution in [0.2, 0.25) is 0 Å². The number of hydrazone groups is 1. The first-order valence-electron chi connectivity index (χ1n) is 9.79. The molecule has 8 heteroatoms. The van der Waals surface area contributed by atoms with Gasteiger partial charge in [0.05, 0.1) is 6.21 Å². The summed E-state index contributed by atoms with van der Waals surface area (Å²) < 4.78 is 23.9. The predicted molar refractivity (Wildman–Crippen MR) is 113 cm³/mol. The van der Waals surface area contributed by atoms with E-state index in [1.54, 1.807) is 53.4 Å². The van der Waals surface area contributed by atoms with Gasteiger partial charge in [-0.3, -0.25) is 9.59 Å². The third-order valence-corrected chi connectivity index (χ3v) is 4.75. The normalized spacial score (nSPS) is 13.7.